The number of ether oxygens (including phenoxy) is 1. The Kier molecular flexibility index (Phi) is 6.07. The average Bonchev–Trinajstić information content (AvgIpc) is 3.34. The standard InChI is InChI=1S/C20H27FN2O2/c1-6-15-8-7-9-17(18(15)21)14(2)23(16-10-11-16)13-12-22-19(24)25-20(3,4)5/h1,7-9,14,16H,10-13H2,2-5H3,(H,22,24). The van der Waals surface area contributed by atoms with Crippen LogP contribution in [0.4, 0.5) is 9.18 Å². The SMILES string of the molecule is C#Cc1cccc(C(C)N(CCNC(=O)OC(C)(C)C)C2CC2)c1F. The van der Waals surface area contributed by atoms with Crippen molar-refractivity contribution < 1.29 is 13.9 Å². The van der Waals surface area contributed by atoms with Crippen LogP contribution < -0.4 is 5.32 Å². The number of carbonyl (C=O) groups is 1. The molecule has 1 aromatic rings. The van der Waals surface area contributed by atoms with Crippen LogP contribution in [0.3, 0.4) is 0 Å². The molecule has 0 heterocycles. The van der Waals surface area contributed by atoms with E-state index in [1.54, 1.807) is 18.2 Å². The second-order valence-corrected chi connectivity index (χ2v) is 7.43. The van der Waals surface area contributed by atoms with Crippen LogP contribution in [-0.2, 0) is 4.74 Å². The summed E-state index contributed by atoms with van der Waals surface area (Å²) in [6.07, 6.45) is 7.11. The molecule has 5 heteroatoms. The molecule has 0 bridgehead atoms. The Morgan fingerprint density at radius 3 is 2.72 bits per heavy atom. The van der Waals surface area contributed by atoms with Gasteiger partial charge in [0.05, 0.1) is 5.56 Å². The maximum atomic E-state index is 14.5. The summed E-state index contributed by atoms with van der Waals surface area (Å²) in [5.74, 6) is 2.06. The van der Waals surface area contributed by atoms with E-state index in [1.807, 2.05) is 27.7 Å². The summed E-state index contributed by atoms with van der Waals surface area (Å²) in [6, 6.07) is 5.48. The van der Waals surface area contributed by atoms with E-state index in [1.165, 1.54) is 0 Å². The van der Waals surface area contributed by atoms with Gasteiger partial charge in [-0.25, -0.2) is 9.18 Å². The van der Waals surface area contributed by atoms with Crippen molar-refractivity contribution in [2.75, 3.05) is 13.1 Å². The van der Waals surface area contributed by atoms with Crippen LogP contribution in [0.2, 0.25) is 0 Å². The minimum atomic E-state index is -0.521. The quantitative estimate of drug-likeness (QED) is 0.796. The molecule has 1 atom stereocenters. The van der Waals surface area contributed by atoms with Crippen LogP contribution in [0.25, 0.3) is 0 Å². The highest BCUT2D eigenvalue weighted by molar-refractivity contribution is 5.67. The van der Waals surface area contributed by atoms with Gasteiger partial charge in [-0.3, -0.25) is 4.90 Å². The van der Waals surface area contributed by atoms with Crippen LogP contribution in [0, 0.1) is 18.2 Å². The molecule has 0 aromatic heterocycles. The molecule has 0 saturated heterocycles. The number of rotatable bonds is 6. The third-order valence-electron chi connectivity index (χ3n) is 4.19. The van der Waals surface area contributed by atoms with Crippen LogP contribution in [0.5, 0.6) is 0 Å². The van der Waals surface area contributed by atoms with Crippen molar-refractivity contribution in [3.05, 3.63) is 35.1 Å². The first kappa shape index (κ1) is 19.3. The van der Waals surface area contributed by atoms with Gasteiger partial charge < -0.3 is 10.1 Å². The van der Waals surface area contributed by atoms with Gasteiger partial charge in [-0.1, -0.05) is 18.1 Å². The van der Waals surface area contributed by atoms with E-state index >= 15 is 0 Å². The van der Waals surface area contributed by atoms with Gasteiger partial charge in [-0.2, -0.15) is 0 Å². The molecule has 2 rings (SSSR count). The Morgan fingerprint density at radius 1 is 1.48 bits per heavy atom. The summed E-state index contributed by atoms with van der Waals surface area (Å²) >= 11 is 0. The fraction of sp³-hybridized carbons (Fsp3) is 0.550. The molecule has 1 N–H and O–H groups in total. The minimum Gasteiger partial charge on any atom is -0.444 e. The lowest BCUT2D eigenvalue weighted by molar-refractivity contribution is 0.0517. The molecule has 1 amide bonds. The molecule has 1 unspecified atom stereocenters. The van der Waals surface area contributed by atoms with E-state index in [9.17, 15) is 9.18 Å². The molecule has 0 radical (unpaired) electrons. The highest BCUT2D eigenvalue weighted by Crippen LogP contribution is 2.35. The second kappa shape index (κ2) is 7.88. The molecule has 0 aliphatic heterocycles. The molecule has 0 spiro atoms. The van der Waals surface area contributed by atoms with Gasteiger partial charge in [0.25, 0.3) is 0 Å². The highest BCUT2D eigenvalue weighted by Gasteiger charge is 2.33. The predicted molar refractivity (Wildman–Crippen MR) is 96.7 cm³/mol. The van der Waals surface area contributed by atoms with Crippen molar-refractivity contribution in [1.29, 1.82) is 0 Å². The Balaban J connectivity index is 1.99. The molecule has 1 aliphatic rings. The maximum absolute atomic E-state index is 14.5. The highest BCUT2D eigenvalue weighted by atomic mass is 19.1. The summed E-state index contributed by atoms with van der Waals surface area (Å²) in [5.41, 5.74) is 0.360. The number of terminal acetylenes is 1. The lowest BCUT2D eigenvalue weighted by Crippen LogP contribution is -2.39. The molecule has 136 valence electrons. The molecule has 4 nitrogen and oxygen atoms in total. The minimum absolute atomic E-state index is 0.110. The Hall–Kier alpha value is -2.06. The summed E-state index contributed by atoms with van der Waals surface area (Å²) in [7, 11) is 0. The van der Waals surface area contributed by atoms with Gasteiger partial charge in [-0.15, -0.1) is 6.42 Å². The number of nitrogens with one attached hydrogen (secondary N) is 1. The number of hydrogen-bond donors (Lipinski definition) is 1. The summed E-state index contributed by atoms with van der Waals surface area (Å²) in [4.78, 5) is 14.0. The van der Waals surface area contributed by atoms with Crippen molar-refractivity contribution in [2.24, 2.45) is 0 Å². The number of benzene rings is 1. The smallest absolute Gasteiger partial charge is 0.407 e. The number of amides is 1. The van der Waals surface area contributed by atoms with E-state index in [2.05, 4.69) is 16.1 Å². The first-order valence-corrected chi connectivity index (χ1v) is 8.70. The van der Waals surface area contributed by atoms with E-state index in [-0.39, 0.29) is 17.4 Å². The lowest BCUT2D eigenvalue weighted by atomic mass is 10.0. The Bertz CT molecular complexity index is 657. The zero-order valence-electron chi connectivity index (χ0n) is 15.4. The van der Waals surface area contributed by atoms with Crippen LogP contribution >= 0.6 is 0 Å². The van der Waals surface area contributed by atoms with Crippen LogP contribution in [0.15, 0.2) is 18.2 Å². The number of nitrogens with zero attached hydrogens (tertiary/aromatic N) is 1. The van der Waals surface area contributed by atoms with Crippen molar-refractivity contribution >= 4 is 6.09 Å². The second-order valence-electron chi connectivity index (χ2n) is 7.43. The number of carbonyl (C=O) groups excluding carboxylic acids is 1. The van der Waals surface area contributed by atoms with Gasteiger partial charge in [0, 0.05) is 30.7 Å². The van der Waals surface area contributed by atoms with E-state index < -0.39 is 11.7 Å². The average molecular weight is 346 g/mol. The van der Waals surface area contributed by atoms with Crippen LogP contribution in [0.1, 0.15) is 57.7 Å². The summed E-state index contributed by atoms with van der Waals surface area (Å²) < 4.78 is 19.8. The van der Waals surface area contributed by atoms with E-state index in [0.29, 0.717) is 24.7 Å². The van der Waals surface area contributed by atoms with Gasteiger partial charge in [-0.05, 0) is 46.6 Å². The fourth-order valence-electron chi connectivity index (χ4n) is 2.86. The van der Waals surface area contributed by atoms with Crippen molar-refractivity contribution in [3.63, 3.8) is 0 Å². The largest absolute Gasteiger partial charge is 0.444 e. The number of alkyl carbamates (subject to hydrolysis) is 1. The number of hydrogen-bond acceptors (Lipinski definition) is 3. The molecular weight excluding hydrogens is 319 g/mol. The fourth-order valence-corrected chi connectivity index (χ4v) is 2.86. The molecule has 1 aromatic carbocycles. The summed E-state index contributed by atoms with van der Waals surface area (Å²) in [6.45, 7) is 8.53. The normalized spacial score (nSPS) is 15.6. The van der Waals surface area contributed by atoms with Crippen molar-refractivity contribution in [3.8, 4) is 12.3 Å². The van der Waals surface area contributed by atoms with Crippen molar-refractivity contribution in [1.82, 2.24) is 10.2 Å². The van der Waals surface area contributed by atoms with Gasteiger partial charge in [0.2, 0.25) is 0 Å². The van der Waals surface area contributed by atoms with Crippen molar-refractivity contribution in [2.45, 2.75) is 58.2 Å². The molecule has 1 saturated carbocycles. The Labute approximate surface area is 149 Å². The lowest BCUT2D eigenvalue weighted by Gasteiger charge is -2.30. The topological polar surface area (TPSA) is 41.6 Å². The molecule has 25 heavy (non-hydrogen) atoms. The third kappa shape index (κ3) is 5.47. The predicted octanol–water partition coefficient (Wildman–Crippen LogP) is 3.86. The molecule has 1 aliphatic carbocycles. The molecular formula is C20H27FN2O2. The Morgan fingerprint density at radius 2 is 2.16 bits per heavy atom. The van der Waals surface area contributed by atoms with Crippen LogP contribution in [-0.4, -0.2) is 35.7 Å². The van der Waals surface area contributed by atoms with Gasteiger partial charge >= 0.3 is 6.09 Å². The van der Waals surface area contributed by atoms with E-state index in [0.717, 1.165) is 12.8 Å². The first-order chi connectivity index (χ1) is 11.7. The molecule has 1 fully saturated rings. The van der Waals surface area contributed by atoms with Gasteiger partial charge in [0.1, 0.15) is 11.4 Å². The number of halogens is 1. The maximum Gasteiger partial charge on any atom is 0.407 e. The summed E-state index contributed by atoms with van der Waals surface area (Å²) in [5, 5.41) is 2.77. The third-order valence-corrected chi connectivity index (χ3v) is 4.19. The first-order valence-electron chi connectivity index (χ1n) is 8.70. The monoisotopic (exact) mass is 346 g/mol. The van der Waals surface area contributed by atoms with Gasteiger partial charge in [0.15, 0.2) is 0 Å². The zero-order chi connectivity index (χ0) is 18.6. The van der Waals surface area contributed by atoms with E-state index in [4.69, 9.17) is 11.2 Å². The zero-order valence-corrected chi connectivity index (χ0v) is 15.4.